The molecule has 4 nitrogen and oxygen atoms in total. The summed E-state index contributed by atoms with van der Waals surface area (Å²) in [5.41, 5.74) is 1.13. The van der Waals surface area contributed by atoms with Crippen LogP contribution in [-0.2, 0) is 9.53 Å². The van der Waals surface area contributed by atoms with Gasteiger partial charge < -0.3 is 9.64 Å². The number of benzene rings is 1. The minimum absolute atomic E-state index is 0.334. The van der Waals surface area contributed by atoms with Crippen molar-refractivity contribution in [1.82, 2.24) is 0 Å². The molecule has 0 saturated carbocycles. The van der Waals surface area contributed by atoms with Crippen molar-refractivity contribution in [2.45, 2.75) is 0 Å². The molecular formula is C16H14N2O2S. The van der Waals surface area contributed by atoms with Crippen molar-refractivity contribution in [2.24, 2.45) is 4.99 Å². The van der Waals surface area contributed by atoms with E-state index in [2.05, 4.69) is 4.99 Å². The Labute approximate surface area is 127 Å². The van der Waals surface area contributed by atoms with Gasteiger partial charge in [-0.15, -0.1) is 11.3 Å². The van der Waals surface area contributed by atoms with Gasteiger partial charge in [0.25, 0.3) is 0 Å². The molecular weight excluding hydrogens is 284 g/mol. The average molecular weight is 298 g/mol. The first kappa shape index (κ1) is 13.6. The van der Waals surface area contributed by atoms with Crippen LogP contribution in [0, 0.1) is 0 Å². The van der Waals surface area contributed by atoms with Crippen LogP contribution in [0.3, 0.4) is 0 Å². The summed E-state index contributed by atoms with van der Waals surface area (Å²) in [6.45, 7) is 0. The fraction of sp³-hybridized carbons (Fsp3) is 0.125. The molecule has 2 heterocycles. The smallest absolute Gasteiger partial charge is 0.363 e. The summed E-state index contributed by atoms with van der Waals surface area (Å²) in [5, 5.41) is 1.13. The van der Waals surface area contributed by atoms with E-state index in [-0.39, 0.29) is 0 Å². The SMILES string of the molecule is CN(C)c1ccc(/C=C2\N=C(c3ccccc3)OC2=O)s1. The Morgan fingerprint density at radius 2 is 1.90 bits per heavy atom. The van der Waals surface area contributed by atoms with E-state index in [9.17, 15) is 4.79 Å². The van der Waals surface area contributed by atoms with Crippen LogP contribution < -0.4 is 4.90 Å². The van der Waals surface area contributed by atoms with Gasteiger partial charge in [0.2, 0.25) is 5.90 Å². The quantitative estimate of drug-likeness (QED) is 0.645. The highest BCUT2D eigenvalue weighted by Crippen LogP contribution is 2.27. The first-order valence-electron chi connectivity index (χ1n) is 6.48. The number of hydrogen-bond donors (Lipinski definition) is 0. The Morgan fingerprint density at radius 1 is 1.14 bits per heavy atom. The standard InChI is InChI=1S/C16H14N2O2S/c1-18(2)14-9-8-12(21-14)10-13-16(19)20-15(17-13)11-6-4-3-5-7-11/h3-10H,1-2H3/b13-10-. The van der Waals surface area contributed by atoms with Crippen molar-refractivity contribution in [3.63, 3.8) is 0 Å². The van der Waals surface area contributed by atoms with Gasteiger partial charge in [0.15, 0.2) is 5.70 Å². The number of ether oxygens (including phenoxy) is 1. The lowest BCUT2D eigenvalue weighted by Gasteiger charge is -2.06. The molecule has 0 unspecified atom stereocenters. The topological polar surface area (TPSA) is 41.9 Å². The molecule has 2 aromatic rings. The van der Waals surface area contributed by atoms with Crippen molar-refractivity contribution >= 4 is 34.3 Å². The highest BCUT2D eigenvalue weighted by atomic mass is 32.1. The number of carbonyl (C=O) groups excluding carboxylic acids is 1. The Hall–Kier alpha value is -2.40. The lowest BCUT2D eigenvalue weighted by molar-refractivity contribution is -0.129. The van der Waals surface area contributed by atoms with E-state index < -0.39 is 5.97 Å². The molecule has 0 amide bonds. The van der Waals surface area contributed by atoms with Crippen LogP contribution in [0.1, 0.15) is 10.4 Å². The summed E-state index contributed by atoms with van der Waals surface area (Å²) in [6, 6.07) is 13.4. The van der Waals surface area contributed by atoms with Gasteiger partial charge in [-0.1, -0.05) is 18.2 Å². The zero-order chi connectivity index (χ0) is 14.8. The van der Waals surface area contributed by atoms with E-state index in [4.69, 9.17) is 4.74 Å². The van der Waals surface area contributed by atoms with Gasteiger partial charge in [-0.25, -0.2) is 9.79 Å². The van der Waals surface area contributed by atoms with Gasteiger partial charge in [-0.2, -0.15) is 0 Å². The second-order valence-electron chi connectivity index (χ2n) is 4.77. The number of nitrogens with zero attached hydrogens (tertiary/aromatic N) is 2. The number of hydrogen-bond acceptors (Lipinski definition) is 5. The molecule has 21 heavy (non-hydrogen) atoms. The summed E-state index contributed by atoms with van der Waals surface area (Å²) >= 11 is 1.60. The Kier molecular flexibility index (Phi) is 3.58. The zero-order valence-electron chi connectivity index (χ0n) is 11.7. The molecule has 1 aromatic heterocycles. The zero-order valence-corrected chi connectivity index (χ0v) is 12.6. The highest BCUT2D eigenvalue weighted by molar-refractivity contribution is 7.16. The van der Waals surface area contributed by atoms with E-state index in [1.54, 1.807) is 17.4 Å². The summed E-state index contributed by atoms with van der Waals surface area (Å²) in [7, 11) is 3.97. The lowest BCUT2D eigenvalue weighted by Crippen LogP contribution is -2.05. The molecule has 3 rings (SSSR count). The predicted octanol–water partition coefficient (Wildman–Crippen LogP) is 3.16. The molecule has 0 atom stereocenters. The Bertz CT molecular complexity index is 730. The Morgan fingerprint density at radius 3 is 2.57 bits per heavy atom. The fourth-order valence-electron chi connectivity index (χ4n) is 1.91. The number of carbonyl (C=O) groups is 1. The summed E-state index contributed by atoms with van der Waals surface area (Å²) in [6.07, 6.45) is 1.76. The van der Waals surface area contributed by atoms with Gasteiger partial charge in [0, 0.05) is 24.5 Å². The largest absolute Gasteiger partial charge is 0.402 e. The number of esters is 1. The van der Waals surface area contributed by atoms with E-state index in [0.29, 0.717) is 11.6 Å². The normalized spacial score (nSPS) is 16.0. The molecule has 0 saturated heterocycles. The molecule has 0 fully saturated rings. The maximum atomic E-state index is 11.9. The van der Waals surface area contributed by atoms with Crippen LogP contribution >= 0.6 is 11.3 Å². The molecule has 0 radical (unpaired) electrons. The van der Waals surface area contributed by atoms with Gasteiger partial charge in [0.1, 0.15) is 0 Å². The van der Waals surface area contributed by atoms with Crippen LogP contribution in [0.25, 0.3) is 6.08 Å². The molecule has 106 valence electrons. The number of aliphatic imine (C=N–C) groups is 1. The molecule has 0 aliphatic carbocycles. The third kappa shape index (κ3) is 2.87. The van der Waals surface area contributed by atoms with Gasteiger partial charge in [0.05, 0.1) is 5.00 Å². The van der Waals surface area contributed by atoms with Crippen molar-refractivity contribution in [3.8, 4) is 0 Å². The molecule has 1 aliphatic heterocycles. The van der Waals surface area contributed by atoms with Crippen molar-refractivity contribution in [1.29, 1.82) is 0 Å². The summed E-state index contributed by atoms with van der Waals surface area (Å²) < 4.78 is 5.22. The molecule has 0 spiro atoms. The van der Waals surface area contributed by atoms with Gasteiger partial charge >= 0.3 is 5.97 Å². The van der Waals surface area contributed by atoms with Crippen molar-refractivity contribution in [3.05, 3.63) is 58.6 Å². The van der Waals surface area contributed by atoms with E-state index in [1.807, 2.05) is 61.5 Å². The molecule has 0 bridgehead atoms. The number of anilines is 1. The third-order valence-electron chi connectivity index (χ3n) is 2.97. The molecule has 0 N–H and O–H groups in total. The average Bonchev–Trinajstić information content (AvgIpc) is 3.08. The minimum atomic E-state index is -0.409. The van der Waals surface area contributed by atoms with Crippen molar-refractivity contribution in [2.75, 3.05) is 19.0 Å². The van der Waals surface area contributed by atoms with Crippen LogP contribution in [-0.4, -0.2) is 26.0 Å². The molecule has 1 aromatic carbocycles. The van der Waals surface area contributed by atoms with Crippen LogP contribution in [0.2, 0.25) is 0 Å². The second kappa shape index (κ2) is 5.54. The summed E-state index contributed by atoms with van der Waals surface area (Å²) in [4.78, 5) is 19.2. The van der Waals surface area contributed by atoms with E-state index in [1.165, 1.54) is 0 Å². The lowest BCUT2D eigenvalue weighted by atomic mass is 10.2. The molecule has 1 aliphatic rings. The van der Waals surface area contributed by atoms with Gasteiger partial charge in [-0.05, 0) is 30.3 Å². The van der Waals surface area contributed by atoms with Crippen LogP contribution in [0.15, 0.2) is 53.2 Å². The fourth-order valence-corrected chi connectivity index (χ4v) is 2.78. The monoisotopic (exact) mass is 298 g/mol. The van der Waals surface area contributed by atoms with Gasteiger partial charge in [-0.3, -0.25) is 0 Å². The summed E-state index contributed by atoms with van der Waals surface area (Å²) in [5.74, 6) is -0.0510. The van der Waals surface area contributed by atoms with E-state index in [0.717, 1.165) is 15.4 Å². The number of thiophene rings is 1. The number of rotatable bonds is 3. The minimum Gasteiger partial charge on any atom is -0.402 e. The van der Waals surface area contributed by atoms with E-state index >= 15 is 0 Å². The first-order chi connectivity index (χ1) is 10.1. The number of cyclic esters (lactones) is 1. The highest BCUT2D eigenvalue weighted by Gasteiger charge is 2.24. The molecule has 5 heteroatoms. The third-order valence-corrected chi connectivity index (χ3v) is 4.17. The van der Waals surface area contributed by atoms with Crippen LogP contribution in [0.5, 0.6) is 0 Å². The second-order valence-corrected chi connectivity index (χ2v) is 5.87. The Balaban J connectivity index is 1.89. The first-order valence-corrected chi connectivity index (χ1v) is 7.30. The van der Waals surface area contributed by atoms with Crippen LogP contribution in [0.4, 0.5) is 5.00 Å². The predicted molar refractivity (Wildman–Crippen MR) is 85.7 cm³/mol. The maximum absolute atomic E-state index is 11.9. The van der Waals surface area contributed by atoms with Crippen molar-refractivity contribution < 1.29 is 9.53 Å². The maximum Gasteiger partial charge on any atom is 0.363 e.